The molecule has 0 saturated carbocycles. The Kier molecular flexibility index (Phi) is 6.95. The van der Waals surface area contributed by atoms with Crippen LogP contribution in [0.1, 0.15) is 62.4 Å². The van der Waals surface area contributed by atoms with E-state index in [0.717, 1.165) is 17.3 Å². The predicted octanol–water partition coefficient (Wildman–Crippen LogP) is 4.89. The van der Waals surface area contributed by atoms with Crippen LogP contribution < -0.4 is 0 Å². The van der Waals surface area contributed by atoms with E-state index in [-0.39, 0.29) is 0 Å². The van der Waals surface area contributed by atoms with Crippen LogP contribution in [0.3, 0.4) is 0 Å². The minimum absolute atomic E-state index is 0.451. The van der Waals surface area contributed by atoms with E-state index in [1.807, 2.05) is 32.9 Å². The molecule has 3 nitrogen and oxygen atoms in total. The van der Waals surface area contributed by atoms with E-state index in [0.29, 0.717) is 11.5 Å². The van der Waals surface area contributed by atoms with Crippen molar-refractivity contribution in [1.82, 2.24) is 0 Å². The zero-order chi connectivity index (χ0) is 15.2. The Morgan fingerprint density at radius 3 is 2.30 bits per heavy atom. The number of carbonyl (C=O) groups is 1. The third-order valence-electron chi connectivity index (χ3n) is 2.94. The first-order valence-electron chi connectivity index (χ1n) is 6.93. The van der Waals surface area contributed by atoms with Gasteiger partial charge in [-0.15, -0.1) is 0 Å². The molecule has 0 N–H and O–H groups in total. The van der Waals surface area contributed by atoms with Gasteiger partial charge in [0.25, 0.3) is 0 Å². The standard InChI is InChI=1S/C16H23IO3/c1-5-12(10-11-17)13-6-8-14(9-7-13)15(18)19-20-16(2,3)4/h6-9,12H,5,10-11H2,1-4H3. The number of alkyl halides is 1. The van der Waals surface area contributed by atoms with Crippen LogP contribution in [0.15, 0.2) is 24.3 Å². The largest absolute Gasteiger partial charge is 0.373 e. The summed E-state index contributed by atoms with van der Waals surface area (Å²) in [4.78, 5) is 21.7. The molecule has 0 radical (unpaired) electrons. The van der Waals surface area contributed by atoms with E-state index in [2.05, 4.69) is 29.5 Å². The summed E-state index contributed by atoms with van der Waals surface area (Å²) in [5.41, 5.74) is 1.29. The summed E-state index contributed by atoms with van der Waals surface area (Å²) in [5, 5.41) is 0. The SMILES string of the molecule is CCC(CCI)c1ccc(C(=O)OOC(C)(C)C)cc1. The molecule has 1 atom stereocenters. The van der Waals surface area contributed by atoms with Gasteiger partial charge >= 0.3 is 5.97 Å². The zero-order valence-electron chi connectivity index (χ0n) is 12.6. The Labute approximate surface area is 135 Å². The summed E-state index contributed by atoms with van der Waals surface area (Å²) in [6, 6.07) is 7.63. The molecule has 0 bridgehead atoms. The quantitative estimate of drug-likeness (QED) is 0.300. The third kappa shape index (κ3) is 5.79. The topological polar surface area (TPSA) is 35.5 Å². The monoisotopic (exact) mass is 390 g/mol. The number of rotatable bonds is 6. The lowest BCUT2D eigenvalue weighted by atomic mass is 9.93. The summed E-state index contributed by atoms with van der Waals surface area (Å²) >= 11 is 2.40. The van der Waals surface area contributed by atoms with E-state index >= 15 is 0 Å². The van der Waals surface area contributed by atoms with Gasteiger partial charge in [0, 0.05) is 4.43 Å². The fraction of sp³-hybridized carbons (Fsp3) is 0.562. The van der Waals surface area contributed by atoms with Crippen LogP contribution >= 0.6 is 22.6 Å². The highest BCUT2D eigenvalue weighted by Gasteiger charge is 2.17. The van der Waals surface area contributed by atoms with Gasteiger partial charge in [0.15, 0.2) is 0 Å². The highest BCUT2D eigenvalue weighted by Crippen LogP contribution is 2.24. The lowest BCUT2D eigenvalue weighted by Crippen LogP contribution is -2.21. The average molecular weight is 390 g/mol. The first kappa shape index (κ1) is 17.4. The van der Waals surface area contributed by atoms with E-state index < -0.39 is 11.6 Å². The number of hydrogen-bond acceptors (Lipinski definition) is 3. The molecule has 0 aliphatic carbocycles. The second-order valence-corrected chi connectivity index (χ2v) is 6.85. The fourth-order valence-electron chi connectivity index (χ4n) is 1.84. The maximum atomic E-state index is 11.8. The van der Waals surface area contributed by atoms with Crippen molar-refractivity contribution < 1.29 is 14.6 Å². The molecule has 0 aliphatic rings. The molecule has 1 unspecified atom stereocenters. The van der Waals surface area contributed by atoms with E-state index in [9.17, 15) is 4.79 Å². The van der Waals surface area contributed by atoms with Crippen molar-refractivity contribution >= 4 is 28.6 Å². The van der Waals surface area contributed by atoms with Crippen molar-refractivity contribution in [2.75, 3.05) is 4.43 Å². The van der Waals surface area contributed by atoms with Crippen LogP contribution in [0, 0.1) is 0 Å². The number of hydrogen-bond donors (Lipinski definition) is 0. The molecule has 0 fully saturated rings. The average Bonchev–Trinajstić information content (AvgIpc) is 2.41. The maximum Gasteiger partial charge on any atom is 0.373 e. The summed E-state index contributed by atoms with van der Waals surface area (Å²) in [6.45, 7) is 7.69. The van der Waals surface area contributed by atoms with Gasteiger partial charge in [0.1, 0.15) is 5.60 Å². The van der Waals surface area contributed by atoms with Crippen LogP contribution in [-0.4, -0.2) is 16.0 Å². The lowest BCUT2D eigenvalue weighted by Gasteiger charge is -2.17. The van der Waals surface area contributed by atoms with Gasteiger partial charge in [-0.1, -0.05) is 41.6 Å². The lowest BCUT2D eigenvalue weighted by molar-refractivity contribution is -0.301. The molecular formula is C16H23IO3. The Hall–Kier alpha value is -0.620. The van der Waals surface area contributed by atoms with E-state index in [4.69, 9.17) is 9.78 Å². The third-order valence-corrected chi connectivity index (χ3v) is 3.56. The molecule has 0 spiro atoms. The van der Waals surface area contributed by atoms with Gasteiger partial charge in [0.2, 0.25) is 0 Å². The molecule has 0 aliphatic heterocycles. The van der Waals surface area contributed by atoms with Gasteiger partial charge in [-0.2, -0.15) is 4.89 Å². The second-order valence-electron chi connectivity index (χ2n) is 5.77. The fourth-order valence-corrected chi connectivity index (χ4v) is 2.59. The van der Waals surface area contributed by atoms with Crippen LogP contribution in [0.4, 0.5) is 0 Å². The van der Waals surface area contributed by atoms with Crippen LogP contribution in [0.5, 0.6) is 0 Å². The predicted molar refractivity (Wildman–Crippen MR) is 89.2 cm³/mol. The van der Waals surface area contributed by atoms with Crippen molar-refractivity contribution in [2.45, 2.75) is 52.1 Å². The first-order valence-corrected chi connectivity index (χ1v) is 8.46. The molecule has 1 aromatic carbocycles. The molecule has 0 heterocycles. The maximum absolute atomic E-state index is 11.8. The Bertz CT molecular complexity index is 420. The smallest absolute Gasteiger partial charge is 0.292 e. The molecule has 112 valence electrons. The highest BCUT2D eigenvalue weighted by atomic mass is 127. The Morgan fingerprint density at radius 2 is 1.85 bits per heavy atom. The Balaban J connectivity index is 2.68. The van der Waals surface area contributed by atoms with Crippen LogP contribution in [0.25, 0.3) is 0 Å². The second kappa shape index (κ2) is 7.98. The number of halogens is 1. The van der Waals surface area contributed by atoms with Gasteiger partial charge < -0.3 is 0 Å². The summed E-state index contributed by atoms with van der Waals surface area (Å²) in [7, 11) is 0. The van der Waals surface area contributed by atoms with Gasteiger partial charge in [-0.05, 0) is 57.2 Å². The highest BCUT2D eigenvalue weighted by molar-refractivity contribution is 14.1. The molecule has 1 aromatic rings. The van der Waals surface area contributed by atoms with Crippen LogP contribution in [-0.2, 0) is 9.78 Å². The number of carbonyl (C=O) groups excluding carboxylic acids is 1. The van der Waals surface area contributed by atoms with Gasteiger partial charge in [-0.3, -0.25) is 4.89 Å². The first-order chi connectivity index (χ1) is 9.37. The van der Waals surface area contributed by atoms with Crippen molar-refractivity contribution in [3.05, 3.63) is 35.4 Å². The zero-order valence-corrected chi connectivity index (χ0v) is 14.8. The van der Waals surface area contributed by atoms with Crippen LogP contribution in [0.2, 0.25) is 0 Å². The van der Waals surface area contributed by atoms with E-state index in [1.54, 1.807) is 12.1 Å². The minimum Gasteiger partial charge on any atom is -0.292 e. The minimum atomic E-state index is -0.497. The van der Waals surface area contributed by atoms with Gasteiger partial charge in [0.05, 0.1) is 5.56 Å². The molecule has 20 heavy (non-hydrogen) atoms. The van der Waals surface area contributed by atoms with Crippen molar-refractivity contribution in [3.8, 4) is 0 Å². The molecule has 0 amide bonds. The van der Waals surface area contributed by atoms with Crippen molar-refractivity contribution in [3.63, 3.8) is 0 Å². The van der Waals surface area contributed by atoms with Crippen molar-refractivity contribution in [2.24, 2.45) is 0 Å². The molecule has 0 saturated heterocycles. The Morgan fingerprint density at radius 1 is 1.25 bits per heavy atom. The van der Waals surface area contributed by atoms with Crippen molar-refractivity contribution in [1.29, 1.82) is 0 Å². The molecule has 1 rings (SSSR count). The summed E-state index contributed by atoms with van der Waals surface area (Å²) in [6.07, 6.45) is 2.27. The summed E-state index contributed by atoms with van der Waals surface area (Å²) < 4.78 is 1.14. The molecule has 4 heteroatoms. The normalized spacial score (nSPS) is 13.1. The summed E-state index contributed by atoms with van der Waals surface area (Å²) in [5.74, 6) is 0.108. The number of benzene rings is 1. The molecule has 0 aromatic heterocycles. The van der Waals surface area contributed by atoms with Gasteiger partial charge in [-0.25, -0.2) is 4.79 Å². The molecular weight excluding hydrogens is 367 g/mol. The van der Waals surface area contributed by atoms with E-state index in [1.165, 1.54) is 5.56 Å².